The first kappa shape index (κ1) is 11.8. The van der Waals surface area contributed by atoms with Crippen LogP contribution in [0.3, 0.4) is 0 Å². The Kier molecular flexibility index (Phi) is 3.52. The fraction of sp³-hybridized carbons (Fsp3) is 0.455. The summed E-state index contributed by atoms with van der Waals surface area (Å²) in [5.41, 5.74) is 1.13. The molecule has 0 heterocycles. The maximum atomic E-state index is 13.4. The predicted molar refractivity (Wildman–Crippen MR) is 54.9 cm³/mol. The Balaban J connectivity index is 3.33. The van der Waals surface area contributed by atoms with Crippen LogP contribution in [0.2, 0.25) is 0 Å². The van der Waals surface area contributed by atoms with Gasteiger partial charge in [-0.25, -0.2) is 4.39 Å². The van der Waals surface area contributed by atoms with E-state index in [1.54, 1.807) is 13.8 Å². The molecule has 4 heteroatoms. The molecule has 1 aromatic rings. The summed E-state index contributed by atoms with van der Waals surface area (Å²) >= 11 is 0. The molecular weight excluding hydrogens is 199 g/mol. The maximum Gasteiger partial charge on any atom is 0.196 e. The van der Waals surface area contributed by atoms with Crippen LogP contribution < -0.4 is 4.74 Å². The molecule has 1 unspecified atom stereocenters. The van der Waals surface area contributed by atoms with Crippen LogP contribution in [-0.4, -0.2) is 23.9 Å². The molecule has 3 nitrogen and oxygen atoms in total. The molecule has 0 aliphatic carbocycles. The highest BCUT2D eigenvalue weighted by molar-refractivity contribution is 5.51. The van der Waals surface area contributed by atoms with Crippen LogP contribution in [0, 0.1) is 12.7 Å². The minimum absolute atomic E-state index is 0.0912. The van der Waals surface area contributed by atoms with Crippen molar-refractivity contribution in [3.05, 3.63) is 23.0 Å². The average molecular weight is 214 g/mol. The Morgan fingerprint density at radius 1 is 1.53 bits per heavy atom. The number of methoxy groups -OCH3 is 1. The van der Waals surface area contributed by atoms with Gasteiger partial charge in [0.25, 0.3) is 0 Å². The molecule has 84 valence electrons. The van der Waals surface area contributed by atoms with E-state index in [1.165, 1.54) is 13.2 Å². The lowest BCUT2D eigenvalue weighted by Gasteiger charge is -2.15. The van der Waals surface area contributed by atoms with Crippen molar-refractivity contribution in [1.29, 1.82) is 0 Å². The molecule has 1 atom stereocenters. The summed E-state index contributed by atoms with van der Waals surface area (Å²) in [7, 11) is 1.30. The number of benzene rings is 1. The van der Waals surface area contributed by atoms with Gasteiger partial charge >= 0.3 is 0 Å². The first-order valence-corrected chi connectivity index (χ1v) is 4.69. The highest BCUT2D eigenvalue weighted by Gasteiger charge is 2.18. The third kappa shape index (κ3) is 2.04. The quantitative estimate of drug-likeness (QED) is 0.808. The molecule has 0 saturated heterocycles. The molecule has 1 rings (SSSR count). The van der Waals surface area contributed by atoms with Crippen molar-refractivity contribution < 1.29 is 19.3 Å². The van der Waals surface area contributed by atoms with E-state index in [1.807, 2.05) is 0 Å². The summed E-state index contributed by atoms with van der Waals surface area (Å²) in [6.45, 7) is 3.33. The molecule has 0 fully saturated rings. The fourth-order valence-corrected chi connectivity index (χ4v) is 1.53. The Morgan fingerprint density at radius 2 is 2.13 bits per heavy atom. The zero-order valence-electron chi connectivity index (χ0n) is 9.04. The van der Waals surface area contributed by atoms with Crippen molar-refractivity contribution >= 4 is 0 Å². The number of phenols is 1. The number of phenolic OH excluding ortho intramolecular Hbond substituents is 1. The van der Waals surface area contributed by atoms with Gasteiger partial charge in [0.15, 0.2) is 17.3 Å². The molecule has 0 aliphatic rings. The van der Waals surface area contributed by atoms with Crippen molar-refractivity contribution in [2.45, 2.75) is 19.8 Å². The number of aliphatic hydroxyl groups is 1. The molecule has 0 spiro atoms. The number of ether oxygens (including phenoxy) is 1. The number of rotatable bonds is 3. The Bertz CT molecular complexity index is 363. The minimum Gasteiger partial charge on any atom is -0.504 e. The van der Waals surface area contributed by atoms with E-state index in [0.717, 1.165) is 0 Å². The largest absolute Gasteiger partial charge is 0.504 e. The van der Waals surface area contributed by atoms with Gasteiger partial charge in [-0.15, -0.1) is 0 Å². The van der Waals surface area contributed by atoms with Crippen LogP contribution in [-0.2, 0) is 0 Å². The number of aliphatic hydroxyl groups excluding tert-OH is 1. The maximum absolute atomic E-state index is 13.4. The summed E-state index contributed by atoms with van der Waals surface area (Å²) in [6, 6.07) is 1.29. The third-order valence-electron chi connectivity index (χ3n) is 2.51. The van der Waals surface area contributed by atoms with E-state index in [0.29, 0.717) is 11.1 Å². The number of halogens is 1. The lowest BCUT2D eigenvalue weighted by molar-refractivity contribution is 0.271. The molecule has 0 aliphatic heterocycles. The van der Waals surface area contributed by atoms with Crippen molar-refractivity contribution in [3.8, 4) is 11.5 Å². The van der Waals surface area contributed by atoms with Crippen molar-refractivity contribution in [2.75, 3.05) is 13.7 Å². The Morgan fingerprint density at radius 3 is 2.60 bits per heavy atom. The van der Waals surface area contributed by atoms with Crippen LogP contribution in [0.15, 0.2) is 6.07 Å². The second-order valence-corrected chi connectivity index (χ2v) is 3.54. The van der Waals surface area contributed by atoms with E-state index in [4.69, 9.17) is 9.84 Å². The number of hydrogen-bond acceptors (Lipinski definition) is 3. The zero-order chi connectivity index (χ0) is 11.6. The monoisotopic (exact) mass is 214 g/mol. The van der Waals surface area contributed by atoms with Crippen LogP contribution in [0.25, 0.3) is 0 Å². The standard InChI is InChI=1S/C11H15FO3/c1-6(5-13)8-4-9(12)11(15-3)10(14)7(8)2/h4,6,13-14H,5H2,1-3H3. The van der Waals surface area contributed by atoms with E-state index < -0.39 is 5.82 Å². The van der Waals surface area contributed by atoms with E-state index in [9.17, 15) is 9.50 Å². The second-order valence-electron chi connectivity index (χ2n) is 3.54. The van der Waals surface area contributed by atoms with Gasteiger partial charge in [-0.1, -0.05) is 6.92 Å². The summed E-state index contributed by atoms with van der Waals surface area (Å²) in [6.07, 6.45) is 0. The van der Waals surface area contributed by atoms with Gasteiger partial charge in [0.05, 0.1) is 7.11 Å². The van der Waals surface area contributed by atoms with Crippen LogP contribution >= 0.6 is 0 Å². The van der Waals surface area contributed by atoms with Gasteiger partial charge in [0.1, 0.15) is 0 Å². The molecule has 1 aromatic carbocycles. The molecule has 0 radical (unpaired) electrons. The van der Waals surface area contributed by atoms with Gasteiger partial charge in [0.2, 0.25) is 0 Å². The van der Waals surface area contributed by atoms with Crippen molar-refractivity contribution in [3.63, 3.8) is 0 Å². The Labute approximate surface area is 88.1 Å². The molecule has 0 bridgehead atoms. The molecule has 0 aromatic heterocycles. The molecule has 0 saturated carbocycles. The van der Waals surface area contributed by atoms with Gasteiger partial charge in [-0.3, -0.25) is 0 Å². The van der Waals surface area contributed by atoms with Gasteiger partial charge < -0.3 is 14.9 Å². The van der Waals surface area contributed by atoms with Crippen LogP contribution in [0.5, 0.6) is 11.5 Å². The van der Waals surface area contributed by atoms with Crippen LogP contribution in [0.4, 0.5) is 4.39 Å². The lowest BCUT2D eigenvalue weighted by Crippen LogP contribution is -2.03. The molecule has 0 amide bonds. The average Bonchev–Trinajstić information content (AvgIpc) is 2.23. The number of hydrogen-bond donors (Lipinski definition) is 2. The normalized spacial score (nSPS) is 12.6. The van der Waals surface area contributed by atoms with E-state index >= 15 is 0 Å². The third-order valence-corrected chi connectivity index (χ3v) is 2.51. The summed E-state index contributed by atoms with van der Waals surface area (Å²) in [5.74, 6) is -1.18. The smallest absolute Gasteiger partial charge is 0.196 e. The summed E-state index contributed by atoms with van der Waals surface area (Å²) in [5, 5.41) is 18.6. The Hall–Kier alpha value is -1.29. The van der Waals surface area contributed by atoms with Gasteiger partial charge in [0, 0.05) is 12.5 Å². The SMILES string of the molecule is COc1c(F)cc(C(C)CO)c(C)c1O. The molecule has 2 N–H and O–H groups in total. The minimum atomic E-state index is -0.615. The second kappa shape index (κ2) is 4.49. The highest BCUT2D eigenvalue weighted by Crippen LogP contribution is 2.37. The highest BCUT2D eigenvalue weighted by atomic mass is 19.1. The van der Waals surface area contributed by atoms with E-state index in [-0.39, 0.29) is 24.0 Å². The first-order valence-electron chi connectivity index (χ1n) is 4.69. The number of aromatic hydroxyl groups is 1. The molecule has 15 heavy (non-hydrogen) atoms. The molecular formula is C11H15FO3. The van der Waals surface area contributed by atoms with Crippen molar-refractivity contribution in [2.24, 2.45) is 0 Å². The topological polar surface area (TPSA) is 49.7 Å². The van der Waals surface area contributed by atoms with Crippen LogP contribution in [0.1, 0.15) is 24.0 Å². The lowest BCUT2D eigenvalue weighted by atomic mass is 9.96. The summed E-state index contributed by atoms with van der Waals surface area (Å²) in [4.78, 5) is 0. The predicted octanol–water partition coefficient (Wildman–Crippen LogP) is 1.94. The van der Waals surface area contributed by atoms with Crippen molar-refractivity contribution in [1.82, 2.24) is 0 Å². The fourth-order valence-electron chi connectivity index (χ4n) is 1.53. The van der Waals surface area contributed by atoms with Gasteiger partial charge in [-0.05, 0) is 24.1 Å². The van der Waals surface area contributed by atoms with E-state index in [2.05, 4.69) is 0 Å². The first-order chi connectivity index (χ1) is 7.02. The van der Waals surface area contributed by atoms with Gasteiger partial charge in [-0.2, -0.15) is 0 Å². The zero-order valence-corrected chi connectivity index (χ0v) is 9.04. The summed E-state index contributed by atoms with van der Waals surface area (Å²) < 4.78 is 18.2.